The number of carbonyl (C=O) groups excluding carboxylic acids is 4. The van der Waals surface area contributed by atoms with E-state index in [0.717, 1.165) is 33.1 Å². The Labute approximate surface area is 282 Å². The lowest BCUT2D eigenvalue weighted by Gasteiger charge is -2.44. The first-order valence-corrected chi connectivity index (χ1v) is 17.2. The molecule has 1 amide bonds. The number of rotatable bonds is 22. The fourth-order valence-electron chi connectivity index (χ4n) is 5.02. The molecule has 0 unspecified atom stereocenters. The molecule has 0 radical (unpaired) electrons. The van der Waals surface area contributed by atoms with E-state index in [-0.39, 0.29) is 13.2 Å². The first-order chi connectivity index (χ1) is 21.3. The van der Waals surface area contributed by atoms with Gasteiger partial charge in [0.1, 0.15) is 25.4 Å². The molecule has 0 bridgehead atoms. The maximum absolute atomic E-state index is 12.6. The van der Waals surface area contributed by atoms with Crippen molar-refractivity contribution in [2.45, 2.75) is 152 Å². The minimum Gasteiger partial charge on any atom is -0.463 e. The summed E-state index contributed by atoms with van der Waals surface area (Å²) in [6.07, 6.45) is 11.0. The molecule has 14 heteroatoms. The van der Waals surface area contributed by atoms with Gasteiger partial charge in [-0.05, 0) is 6.42 Å². The second-order valence-corrected chi connectivity index (χ2v) is 13.8. The lowest BCUT2D eigenvalue weighted by molar-refractivity contribution is -0.277. The highest BCUT2D eigenvalue weighted by Crippen LogP contribution is 2.29. The van der Waals surface area contributed by atoms with Crippen molar-refractivity contribution in [3.8, 4) is 0 Å². The molecule has 1 rings (SSSR count). The molecular weight excluding hydrogens is 653 g/mol. The van der Waals surface area contributed by atoms with Crippen LogP contribution >= 0.6 is 34.8 Å². The maximum atomic E-state index is 12.6. The molecule has 0 aliphatic carbocycles. The van der Waals surface area contributed by atoms with Crippen molar-refractivity contribution in [1.29, 1.82) is 0 Å². The number of alkyl carbamates (subject to hydrolysis) is 1. The summed E-state index contributed by atoms with van der Waals surface area (Å²) in [7, 11) is 0. The van der Waals surface area contributed by atoms with E-state index in [1.807, 2.05) is 0 Å². The Morgan fingerprint density at radius 1 is 0.689 bits per heavy atom. The topological polar surface area (TPSA) is 136 Å². The minimum atomic E-state index is -1.87. The van der Waals surface area contributed by atoms with Gasteiger partial charge in [0.25, 0.3) is 0 Å². The minimum absolute atomic E-state index is 0.259. The summed E-state index contributed by atoms with van der Waals surface area (Å²) >= 11 is 17.1. The molecule has 0 spiro atoms. The molecule has 1 aliphatic heterocycles. The third kappa shape index (κ3) is 20.3. The second-order valence-electron chi connectivity index (χ2n) is 11.3. The molecule has 0 aromatic carbocycles. The van der Waals surface area contributed by atoms with Crippen LogP contribution in [0.2, 0.25) is 0 Å². The Morgan fingerprint density at radius 2 is 1.18 bits per heavy atom. The van der Waals surface area contributed by atoms with E-state index < -0.39 is 65.0 Å². The molecule has 0 aromatic rings. The second kappa shape index (κ2) is 23.7. The van der Waals surface area contributed by atoms with Crippen LogP contribution in [-0.4, -0.2) is 78.3 Å². The molecule has 1 saturated heterocycles. The average molecular weight is 705 g/mol. The fraction of sp³-hybridized carbons (Fsp3) is 0.871. The Morgan fingerprint density at radius 3 is 1.64 bits per heavy atom. The number of esters is 3. The normalized spacial score (nSPS) is 21.5. The van der Waals surface area contributed by atoms with Gasteiger partial charge in [-0.25, -0.2) is 4.79 Å². The number of carbonyl (C=O) groups is 4. The van der Waals surface area contributed by atoms with Crippen molar-refractivity contribution < 1.29 is 47.6 Å². The van der Waals surface area contributed by atoms with Gasteiger partial charge < -0.3 is 33.7 Å². The Hall–Kier alpha value is -1.53. The first-order valence-electron chi connectivity index (χ1n) is 16.1. The summed E-state index contributed by atoms with van der Waals surface area (Å²) in [6, 6.07) is -1.19. The summed E-state index contributed by atoms with van der Waals surface area (Å²) < 4.78 is 31.2. The number of nitrogens with one attached hydrogen (secondary N) is 1. The number of halogens is 3. The monoisotopic (exact) mass is 703 g/mol. The molecule has 0 saturated carbocycles. The third-order valence-corrected chi connectivity index (χ3v) is 7.46. The van der Waals surface area contributed by atoms with Crippen LogP contribution < -0.4 is 5.32 Å². The molecule has 1 heterocycles. The van der Waals surface area contributed by atoms with Crippen molar-refractivity contribution in [3.05, 3.63) is 0 Å². The molecule has 0 aromatic heterocycles. The lowest BCUT2D eigenvalue weighted by Crippen LogP contribution is -2.66. The van der Waals surface area contributed by atoms with Crippen molar-refractivity contribution in [2.75, 3.05) is 19.8 Å². The number of hydrogen-bond donors (Lipinski definition) is 1. The van der Waals surface area contributed by atoms with Gasteiger partial charge in [0.05, 0.1) is 0 Å². The molecule has 11 nitrogen and oxygen atoms in total. The quantitative estimate of drug-likeness (QED) is 0.0538. The summed E-state index contributed by atoms with van der Waals surface area (Å²) in [6.45, 7) is 5.13. The average Bonchev–Trinajstić information content (AvgIpc) is 2.94. The van der Waals surface area contributed by atoms with Crippen LogP contribution in [0, 0.1) is 0 Å². The SMILES string of the molecule is CCCCCCCCCCCCCCCCO[C@H]1O[C@H](COC(C)=O)[C@@H](OC(C)=O)[C@H](OC(C)=O)[C@H]1NC(=O)OCC(Cl)(Cl)Cl. The van der Waals surface area contributed by atoms with Gasteiger partial charge in [0, 0.05) is 27.4 Å². The predicted octanol–water partition coefficient (Wildman–Crippen LogP) is 7.10. The van der Waals surface area contributed by atoms with Crippen LogP contribution in [-0.2, 0) is 42.8 Å². The molecular formula is C31H52Cl3NO10. The summed E-state index contributed by atoms with van der Waals surface area (Å²) in [5.41, 5.74) is 0. The third-order valence-electron chi connectivity index (χ3n) is 7.13. The summed E-state index contributed by atoms with van der Waals surface area (Å²) in [5.74, 6) is -2.04. The van der Waals surface area contributed by atoms with Gasteiger partial charge in [-0.3, -0.25) is 14.4 Å². The van der Waals surface area contributed by atoms with E-state index in [1.54, 1.807) is 0 Å². The number of amides is 1. The standard InChI is InChI=1S/C31H52Cl3NO10/c1-5-6-7-8-9-10-11-12-13-14-15-16-17-18-19-40-29-26(35-30(39)42-21-31(32,33)34)28(44-24(4)38)27(43-23(3)37)25(45-29)20-41-22(2)36/h25-29H,5-21H2,1-4H3,(H,35,39)/t25-,26-,27-,28-,29+/m1/s1. The number of hydrogen-bond acceptors (Lipinski definition) is 10. The molecule has 45 heavy (non-hydrogen) atoms. The number of unbranched alkanes of at least 4 members (excludes halogenated alkanes) is 13. The van der Waals surface area contributed by atoms with Gasteiger partial charge in [-0.15, -0.1) is 0 Å². The Bertz CT molecular complexity index is 873. The zero-order chi connectivity index (χ0) is 33.7. The van der Waals surface area contributed by atoms with E-state index in [9.17, 15) is 19.2 Å². The highest BCUT2D eigenvalue weighted by Gasteiger charge is 2.51. The van der Waals surface area contributed by atoms with Crippen LogP contribution in [0.15, 0.2) is 0 Å². The zero-order valence-corrected chi connectivity index (χ0v) is 29.4. The number of ether oxygens (including phenoxy) is 6. The zero-order valence-electron chi connectivity index (χ0n) is 27.1. The van der Waals surface area contributed by atoms with E-state index in [1.165, 1.54) is 71.1 Å². The summed E-state index contributed by atoms with van der Waals surface area (Å²) in [4.78, 5) is 48.2. The van der Waals surface area contributed by atoms with E-state index >= 15 is 0 Å². The predicted molar refractivity (Wildman–Crippen MR) is 171 cm³/mol. The largest absolute Gasteiger partial charge is 0.463 e. The van der Waals surface area contributed by atoms with Gasteiger partial charge in [0.2, 0.25) is 3.79 Å². The lowest BCUT2D eigenvalue weighted by atomic mass is 9.96. The van der Waals surface area contributed by atoms with Gasteiger partial charge in [-0.2, -0.15) is 0 Å². The van der Waals surface area contributed by atoms with Crippen LogP contribution in [0.25, 0.3) is 0 Å². The van der Waals surface area contributed by atoms with Gasteiger partial charge in [-0.1, -0.05) is 125 Å². The highest BCUT2D eigenvalue weighted by atomic mass is 35.6. The Kier molecular flexibility index (Phi) is 21.9. The van der Waals surface area contributed by atoms with Crippen LogP contribution in [0.5, 0.6) is 0 Å². The molecule has 1 aliphatic rings. The highest BCUT2D eigenvalue weighted by molar-refractivity contribution is 6.67. The molecule has 262 valence electrons. The smallest absolute Gasteiger partial charge is 0.407 e. The van der Waals surface area contributed by atoms with E-state index in [2.05, 4.69) is 12.2 Å². The van der Waals surface area contributed by atoms with Crippen molar-refractivity contribution >= 4 is 58.8 Å². The van der Waals surface area contributed by atoms with Crippen LogP contribution in [0.3, 0.4) is 0 Å². The van der Waals surface area contributed by atoms with Crippen molar-refractivity contribution in [3.63, 3.8) is 0 Å². The van der Waals surface area contributed by atoms with Crippen LogP contribution in [0.4, 0.5) is 4.79 Å². The van der Waals surface area contributed by atoms with E-state index in [4.69, 9.17) is 63.2 Å². The van der Waals surface area contributed by atoms with Gasteiger partial charge in [0.15, 0.2) is 18.5 Å². The molecule has 1 fully saturated rings. The van der Waals surface area contributed by atoms with E-state index in [0.29, 0.717) is 6.42 Å². The molecule has 5 atom stereocenters. The Balaban J connectivity index is 2.75. The number of alkyl halides is 3. The van der Waals surface area contributed by atoms with Crippen LogP contribution in [0.1, 0.15) is 118 Å². The maximum Gasteiger partial charge on any atom is 0.407 e. The van der Waals surface area contributed by atoms with Gasteiger partial charge >= 0.3 is 24.0 Å². The first kappa shape index (κ1) is 41.5. The van der Waals surface area contributed by atoms with Crippen molar-refractivity contribution in [1.82, 2.24) is 5.32 Å². The van der Waals surface area contributed by atoms with Crippen molar-refractivity contribution in [2.24, 2.45) is 0 Å². The molecule has 1 N–H and O–H groups in total. The fourth-order valence-corrected chi connectivity index (χ4v) is 5.18. The summed E-state index contributed by atoms with van der Waals surface area (Å²) in [5, 5.41) is 2.52.